The number of hydrogen-bond acceptors (Lipinski definition) is 4. The van der Waals surface area contributed by atoms with Gasteiger partial charge >= 0.3 is 0 Å². The number of aromatic nitrogens is 1. The van der Waals surface area contributed by atoms with Crippen LogP contribution in [0.3, 0.4) is 0 Å². The van der Waals surface area contributed by atoms with Gasteiger partial charge in [-0.05, 0) is 32.6 Å². The number of oxazole rings is 1. The van der Waals surface area contributed by atoms with Gasteiger partial charge in [0.1, 0.15) is 0 Å². The average molecular weight is 523 g/mol. The zero-order valence-corrected chi connectivity index (χ0v) is 20.4. The van der Waals surface area contributed by atoms with Crippen molar-refractivity contribution in [3.8, 4) is 11.3 Å². The average Bonchev–Trinajstić information content (AvgIpc) is 3.44. The molecule has 1 saturated heterocycles. The number of piperidine rings is 1. The molecule has 2 aromatic rings. The molecule has 0 radical (unpaired) electrons. The van der Waals surface area contributed by atoms with E-state index in [-0.39, 0.29) is 24.0 Å². The Morgan fingerprint density at radius 2 is 1.83 bits per heavy atom. The van der Waals surface area contributed by atoms with Gasteiger partial charge in [-0.15, -0.1) is 24.0 Å². The molecule has 1 saturated carbocycles. The maximum atomic E-state index is 5.90. The highest BCUT2D eigenvalue weighted by Gasteiger charge is 2.27. The number of aliphatic imine (C=N–C) groups is 1. The van der Waals surface area contributed by atoms with Crippen molar-refractivity contribution in [1.29, 1.82) is 0 Å². The van der Waals surface area contributed by atoms with Crippen molar-refractivity contribution in [1.82, 2.24) is 20.5 Å². The van der Waals surface area contributed by atoms with Crippen molar-refractivity contribution in [2.45, 2.75) is 64.1 Å². The van der Waals surface area contributed by atoms with Crippen LogP contribution in [-0.2, 0) is 6.54 Å². The predicted molar refractivity (Wildman–Crippen MR) is 132 cm³/mol. The van der Waals surface area contributed by atoms with Crippen LogP contribution in [0.5, 0.6) is 0 Å². The smallest absolute Gasteiger partial charge is 0.214 e. The summed E-state index contributed by atoms with van der Waals surface area (Å²) in [7, 11) is 1.82. The van der Waals surface area contributed by atoms with Gasteiger partial charge < -0.3 is 20.0 Å². The molecule has 6 nitrogen and oxygen atoms in total. The number of halogens is 1. The zero-order valence-electron chi connectivity index (χ0n) is 18.1. The van der Waals surface area contributed by atoms with E-state index in [9.17, 15) is 0 Å². The molecule has 1 aromatic carbocycles. The third-order valence-corrected chi connectivity index (χ3v) is 6.23. The van der Waals surface area contributed by atoms with Gasteiger partial charge in [-0.1, -0.05) is 42.7 Å². The summed E-state index contributed by atoms with van der Waals surface area (Å²) in [6, 6.07) is 9.60. The van der Waals surface area contributed by atoms with E-state index in [0.29, 0.717) is 18.5 Å². The first-order valence-electron chi connectivity index (χ1n) is 10.9. The van der Waals surface area contributed by atoms with Crippen molar-refractivity contribution >= 4 is 29.9 Å². The maximum absolute atomic E-state index is 5.90. The van der Waals surface area contributed by atoms with Crippen LogP contribution in [0.1, 0.15) is 50.0 Å². The summed E-state index contributed by atoms with van der Waals surface area (Å²) in [6.07, 6.45) is 9.74. The van der Waals surface area contributed by atoms with Gasteiger partial charge in [-0.2, -0.15) is 0 Å². The van der Waals surface area contributed by atoms with Crippen molar-refractivity contribution in [2.75, 3.05) is 20.1 Å². The second kappa shape index (κ2) is 11.1. The number of guanidine groups is 1. The Morgan fingerprint density at radius 1 is 1.13 bits per heavy atom. The lowest BCUT2D eigenvalue weighted by molar-refractivity contribution is 0.150. The number of hydrogen-bond donors (Lipinski definition) is 2. The van der Waals surface area contributed by atoms with Gasteiger partial charge in [0.25, 0.3) is 0 Å². The minimum atomic E-state index is 0. The molecule has 1 aliphatic carbocycles. The van der Waals surface area contributed by atoms with Crippen LogP contribution in [0.15, 0.2) is 39.9 Å². The molecule has 0 spiro atoms. The standard InChI is InChI=1S/C23H33N5O.HI/c1-17-7-9-18(10-8-17)21-15-25-22(29-21)16-26-23(24-2)27-19-11-13-28(14-12-19)20-5-3-4-6-20;/h7-10,15,19-20H,3-6,11-14,16H2,1-2H3,(H2,24,26,27);1H. The van der Waals surface area contributed by atoms with E-state index in [4.69, 9.17) is 4.42 Å². The maximum Gasteiger partial charge on any atom is 0.214 e. The molecule has 1 aliphatic heterocycles. The Bertz CT molecular complexity index is 805. The highest BCUT2D eigenvalue weighted by atomic mass is 127. The number of likely N-dealkylation sites (tertiary alicyclic amines) is 1. The summed E-state index contributed by atoms with van der Waals surface area (Å²) < 4.78 is 5.90. The first kappa shape index (κ1) is 23.1. The first-order valence-corrected chi connectivity index (χ1v) is 10.9. The molecule has 164 valence electrons. The Balaban J connectivity index is 0.00000256. The third-order valence-electron chi connectivity index (χ3n) is 6.23. The van der Waals surface area contributed by atoms with E-state index in [1.54, 1.807) is 6.20 Å². The Hall–Kier alpha value is -1.61. The summed E-state index contributed by atoms with van der Waals surface area (Å²) in [6.45, 7) is 4.99. The van der Waals surface area contributed by atoms with E-state index in [2.05, 4.69) is 56.7 Å². The van der Waals surface area contributed by atoms with Crippen LogP contribution in [0.2, 0.25) is 0 Å². The molecule has 2 aliphatic rings. The van der Waals surface area contributed by atoms with Crippen LogP contribution in [0.4, 0.5) is 0 Å². The molecule has 0 bridgehead atoms. The molecule has 0 amide bonds. The molecule has 0 unspecified atom stereocenters. The summed E-state index contributed by atoms with van der Waals surface area (Å²) >= 11 is 0. The second-order valence-corrected chi connectivity index (χ2v) is 8.30. The molecule has 2 heterocycles. The van der Waals surface area contributed by atoms with E-state index in [0.717, 1.165) is 23.3 Å². The molecule has 2 N–H and O–H groups in total. The van der Waals surface area contributed by atoms with Crippen molar-refractivity contribution in [2.24, 2.45) is 4.99 Å². The lowest BCUT2D eigenvalue weighted by atomic mass is 10.0. The first-order chi connectivity index (χ1) is 14.2. The number of benzene rings is 1. The Morgan fingerprint density at radius 3 is 2.50 bits per heavy atom. The van der Waals surface area contributed by atoms with E-state index in [1.807, 2.05) is 7.05 Å². The van der Waals surface area contributed by atoms with Crippen LogP contribution in [0, 0.1) is 6.92 Å². The number of rotatable bonds is 5. The van der Waals surface area contributed by atoms with Crippen LogP contribution < -0.4 is 10.6 Å². The van der Waals surface area contributed by atoms with Crippen LogP contribution in [-0.4, -0.2) is 48.1 Å². The van der Waals surface area contributed by atoms with Gasteiger partial charge in [0.15, 0.2) is 11.7 Å². The van der Waals surface area contributed by atoms with Gasteiger partial charge in [-0.3, -0.25) is 4.99 Å². The molecular formula is C23H34IN5O. The topological polar surface area (TPSA) is 65.7 Å². The zero-order chi connectivity index (χ0) is 20.1. The largest absolute Gasteiger partial charge is 0.439 e. The van der Waals surface area contributed by atoms with E-state index >= 15 is 0 Å². The van der Waals surface area contributed by atoms with Gasteiger partial charge in [-0.25, -0.2) is 4.98 Å². The molecule has 2 fully saturated rings. The number of aryl methyl sites for hydroxylation is 1. The third kappa shape index (κ3) is 5.97. The minimum Gasteiger partial charge on any atom is -0.439 e. The Labute approximate surface area is 196 Å². The monoisotopic (exact) mass is 523 g/mol. The summed E-state index contributed by atoms with van der Waals surface area (Å²) in [5.41, 5.74) is 2.28. The lowest BCUT2D eigenvalue weighted by Crippen LogP contribution is -2.50. The quantitative estimate of drug-likeness (QED) is 0.347. The van der Waals surface area contributed by atoms with Crippen molar-refractivity contribution < 1.29 is 4.42 Å². The normalized spacial score (nSPS) is 18.9. The van der Waals surface area contributed by atoms with Gasteiger partial charge in [0.05, 0.1) is 12.7 Å². The summed E-state index contributed by atoms with van der Waals surface area (Å²) in [5.74, 6) is 2.28. The van der Waals surface area contributed by atoms with Gasteiger partial charge in [0.2, 0.25) is 5.89 Å². The van der Waals surface area contributed by atoms with Crippen molar-refractivity contribution in [3.63, 3.8) is 0 Å². The van der Waals surface area contributed by atoms with Gasteiger partial charge in [0, 0.05) is 37.8 Å². The fraction of sp³-hybridized carbons (Fsp3) is 0.565. The highest BCUT2D eigenvalue weighted by Crippen LogP contribution is 2.26. The second-order valence-electron chi connectivity index (χ2n) is 8.30. The van der Waals surface area contributed by atoms with E-state index in [1.165, 1.54) is 57.2 Å². The predicted octanol–water partition coefficient (Wildman–Crippen LogP) is 4.34. The highest BCUT2D eigenvalue weighted by molar-refractivity contribution is 14.0. The SMILES string of the molecule is CN=C(NCc1ncc(-c2ccc(C)cc2)o1)NC1CCN(C2CCCC2)CC1.I. The van der Waals surface area contributed by atoms with Crippen LogP contribution >= 0.6 is 24.0 Å². The van der Waals surface area contributed by atoms with E-state index < -0.39 is 0 Å². The number of nitrogens with zero attached hydrogens (tertiary/aromatic N) is 3. The summed E-state index contributed by atoms with van der Waals surface area (Å²) in [5, 5.41) is 6.92. The molecule has 0 atom stereocenters. The number of nitrogens with one attached hydrogen (secondary N) is 2. The lowest BCUT2D eigenvalue weighted by Gasteiger charge is -2.36. The molecule has 4 rings (SSSR count). The van der Waals surface area contributed by atoms with Crippen molar-refractivity contribution in [3.05, 3.63) is 41.9 Å². The fourth-order valence-corrected chi connectivity index (χ4v) is 4.47. The summed E-state index contributed by atoms with van der Waals surface area (Å²) in [4.78, 5) is 11.5. The Kier molecular flexibility index (Phi) is 8.56. The molecule has 30 heavy (non-hydrogen) atoms. The minimum absolute atomic E-state index is 0. The molecular weight excluding hydrogens is 489 g/mol. The molecule has 7 heteroatoms. The molecule has 1 aromatic heterocycles. The fourth-order valence-electron chi connectivity index (χ4n) is 4.47. The van der Waals surface area contributed by atoms with Crippen LogP contribution in [0.25, 0.3) is 11.3 Å².